The smallest absolute Gasteiger partial charge is 0.0623 e. The minimum Gasteiger partial charge on any atom is -0.310 e. The number of hydrogen-bond acceptors (Lipinski definition) is 1. The van der Waals surface area contributed by atoms with Crippen LogP contribution in [0.5, 0.6) is 0 Å². The molecule has 0 radical (unpaired) electrons. The molecule has 0 N–H and O–H groups in total. The molecule has 0 fully saturated rings. The van der Waals surface area contributed by atoms with E-state index < -0.39 is 5.41 Å². The summed E-state index contributed by atoms with van der Waals surface area (Å²) >= 11 is 0. The first-order valence-corrected chi connectivity index (χ1v) is 27.8. The van der Waals surface area contributed by atoms with Crippen LogP contribution in [0, 0.1) is 0 Å². The Morgan fingerprint density at radius 1 is 0.342 bits per heavy atom. The number of aromatic nitrogens is 1. The van der Waals surface area contributed by atoms with Gasteiger partial charge in [-0.1, -0.05) is 214 Å². The summed E-state index contributed by atoms with van der Waals surface area (Å²) in [6.07, 6.45) is 0. The van der Waals surface area contributed by atoms with Gasteiger partial charge in [-0.2, -0.15) is 0 Å². The number of nitrogens with zero attached hydrogens (tertiary/aromatic N) is 2. The van der Waals surface area contributed by atoms with Crippen LogP contribution in [0.15, 0.2) is 261 Å². The average molecular weight is 1010 g/mol. The van der Waals surface area contributed by atoms with Crippen LogP contribution in [0.2, 0.25) is 0 Å². The molecule has 1 unspecified atom stereocenters. The summed E-state index contributed by atoms with van der Waals surface area (Å²) in [7, 11) is 0. The highest BCUT2D eigenvalue weighted by molar-refractivity contribution is 6.20. The lowest BCUT2D eigenvalue weighted by atomic mass is 9.71. The van der Waals surface area contributed by atoms with Gasteiger partial charge in [-0.05, 0) is 167 Å². The number of anilines is 3. The van der Waals surface area contributed by atoms with Crippen molar-refractivity contribution in [1.82, 2.24) is 4.57 Å². The van der Waals surface area contributed by atoms with Gasteiger partial charge in [0.2, 0.25) is 0 Å². The molecule has 17 rings (SSSR count). The summed E-state index contributed by atoms with van der Waals surface area (Å²) in [5.74, 6) is 0. The molecule has 1 aromatic heterocycles. The van der Waals surface area contributed by atoms with E-state index in [0.29, 0.717) is 0 Å². The molecule has 0 saturated carbocycles. The van der Waals surface area contributed by atoms with Crippen LogP contribution >= 0.6 is 0 Å². The maximum atomic E-state index is 2.57. The standard InChI is InChI=1S/C77H52N2/c1-76(2)65-25-11-8-24-64(65)71-66(76)26-15-29-70(71)78(57-21-14-20-52(45-57)53-32-30-47-16-4-6-18-50(47)42-53)58-37-35-49-31-33-54(43-55(49)46-58)59-38-39-62-60-22-9-12-27-68(60)79-69-28-13-10-23-61(69)63-40-41-67-73(75(63)79)72(62)74(59)77(67,3)56-36-34-48-17-5-7-19-51(48)44-56/h4-46H,1-3H3. The van der Waals surface area contributed by atoms with Crippen molar-refractivity contribution in [2.24, 2.45) is 0 Å². The van der Waals surface area contributed by atoms with Crippen LogP contribution in [-0.4, -0.2) is 4.57 Å². The van der Waals surface area contributed by atoms with Crippen LogP contribution < -0.4 is 4.90 Å². The van der Waals surface area contributed by atoms with Gasteiger partial charge in [-0.15, -0.1) is 0 Å². The predicted molar refractivity (Wildman–Crippen MR) is 333 cm³/mol. The van der Waals surface area contributed by atoms with E-state index in [1.165, 1.54) is 149 Å². The molecule has 2 heteroatoms. The van der Waals surface area contributed by atoms with Crippen molar-refractivity contribution in [2.75, 3.05) is 4.90 Å². The third-order valence-corrected chi connectivity index (χ3v) is 18.5. The Bertz CT molecular complexity index is 4970. The van der Waals surface area contributed by atoms with Gasteiger partial charge in [0, 0.05) is 49.7 Å². The minimum absolute atomic E-state index is 0.153. The second-order valence-corrected chi connectivity index (χ2v) is 22.9. The van der Waals surface area contributed by atoms with Crippen LogP contribution in [0.1, 0.15) is 48.6 Å². The molecule has 0 bridgehead atoms. The lowest BCUT2D eigenvalue weighted by molar-refractivity contribution is 0.660. The summed E-state index contributed by atoms with van der Waals surface area (Å²) in [6.45, 7) is 7.26. The zero-order valence-electron chi connectivity index (χ0n) is 44.2. The zero-order chi connectivity index (χ0) is 52.3. The Balaban J connectivity index is 0.907. The molecule has 2 nitrogen and oxygen atoms in total. The van der Waals surface area contributed by atoms with Crippen molar-refractivity contribution >= 4 is 71.2 Å². The molecule has 0 amide bonds. The summed E-state index contributed by atoms with van der Waals surface area (Å²) < 4.78 is 2.57. The van der Waals surface area contributed by atoms with E-state index in [-0.39, 0.29) is 5.41 Å². The Hall–Kier alpha value is -9.76. The largest absolute Gasteiger partial charge is 0.310 e. The van der Waals surface area contributed by atoms with Gasteiger partial charge in [0.25, 0.3) is 0 Å². The number of hydrogen-bond donors (Lipinski definition) is 0. The summed E-state index contributed by atoms with van der Waals surface area (Å²) in [4.78, 5) is 2.52. The second-order valence-electron chi connectivity index (χ2n) is 22.9. The van der Waals surface area contributed by atoms with Gasteiger partial charge >= 0.3 is 0 Å². The van der Waals surface area contributed by atoms with E-state index in [0.717, 1.165) is 11.4 Å². The first-order chi connectivity index (χ1) is 38.8. The van der Waals surface area contributed by atoms with Crippen LogP contribution in [-0.2, 0) is 10.8 Å². The maximum Gasteiger partial charge on any atom is 0.0623 e. The second kappa shape index (κ2) is 16.1. The van der Waals surface area contributed by atoms with Gasteiger partial charge in [0.1, 0.15) is 0 Å². The van der Waals surface area contributed by atoms with E-state index in [4.69, 9.17) is 0 Å². The molecule has 1 aliphatic heterocycles. The Morgan fingerprint density at radius 2 is 0.975 bits per heavy atom. The van der Waals surface area contributed by atoms with Crippen molar-refractivity contribution in [3.05, 3.63) is 289 Å². The van der Waals surface area contributed by atoms with Crippen molar-refractivity contribution < 1.29 is 0 Å². The molecule has 79 heavy (non-hydrogen) atoms. The highest BCUT2D eigenvalue weighted by atomic mass is 15.1. The fraction of sp³-hybridized carbons (Fsp3) is 0.0649. The average Bonchev–Trinajstić information content (AvgIpc) is 3.36. The van der Waals surface area contributed by atoms with Crippen LogP contribution in [0.25, 0.3) is 115 Å². The molecule has 2 heterocycles. The van der Waals surface area contributed by atoms with Crippen molar-refractivity contribution in [1.29, 1.82) is 0 Å². The first-order valence-electron chi connectivity index (χ1n) is 27.8. The normalized spacial score (nSPS) is 15.2. The topological polar surface area (TPSA) is 8.17 Å². The van der Waals surface area contributed by atoms with Gasteiger partial charge in [0.05, 0.1) is 22.4 Å². The summed E-state index contributed by atoms with van der Waals surface area (Å²) in [6, 6.07) is 98.7. The van der Waals surface area contributed by atoms with Crippen LogP contribution in [0.4, 0.5) is 17.1 Å². The molecule has 14 aromatic rings. The molecular weight excluding hydrogens is 953 g/mol. The van der Waals surface area contributed by atoms with Gasteiger partial charge in [-0.25, -0.2) is 0 Å². The molecule has 0 saturated heterocycles. The van der Waals surface area contributed by atoms with E-state index in [2.05, 4.69) is 291 Å². The molecule has 370 valence electrons. The Kier molecular flexibility index (Phi) is 9.07. The highest BCUT2D eigenvalue weighted by Crippen LogP contribution is 2.63. The Labute approximate surface area is 459 Å². The lowest BCUT2D eigenvalue weighted by Gasteiger charge is -2.31. The highest BCUT2D eigenvalue weighted by Gasteiger charge is 2.47. The number of fused-ring (bicyclic) bond motifs is 12. The Morgan fingerprint density at radius 3 is 1.84 bits per heavy atom. The molecule has 1 atom stereocenters. The molecular formula is C77H52N2. The van der Waals surface area contributed by atoms with Crippen molar-refractivity contribution in [3.8, 4) is 61.3 Å². The number of benzene rings is 13. The molecule has 0 spiro atoms. The lowest BCUT2D eigenvalue weighted by Crippen LogP contribution is -2.23. The third kappa shape index (κ3) is 6.12. The van der Waals surface area contributed by atoms with Crippen molar-refractivity contribution in [3.63, 3.8) is 0 Å². The van der Waals surface area contributed by atoms with E-state index in [9.17, 15) is 0 Å². The van der Waals surface area contributed by atoms with Crippen LogP contribution in [0.3, 0.4) is 0 Å². The van der Waals surface area contributed by atoms with E-state index in [1.54, 1.807) is 0 Å². The first kappa shape index (κ1) is 44.4. The molecule has 2 aliphatic carbocycles. The third-order valence-electron chi connectivity index (χ3n) is 18.5. The SMILES string of the molecule is CC1(C)c2ccccc2-c2c(N(c3cccc(-c4ccc5ccccc5c4)c3)c3ccc4ccc(-c5ccc6c7c5C(C)(c5ccc8ccccc8c5)c5ccc8c9ccccc9n(c8c5-7)-c5ccccc5-6)cc4c3)cccc21. The van der Waals surface area contributed by atoms with Crippen molar-refractivity contribution in [2.45, 2.75) is 31.6 Å². The van der Waals surface area contributed by atoms with Gasteiger partial charge in [0.15, 0.2) is 0 Å². The predicted octanol–water partition coefficient (Wildman–Crippen LogP) is 20.7. The monoisotopic (exact) mass is 1000 g/mol. The summed E-state index contributed by atoms with van der Waals surface area (Å²) in [5.41, 5.74) is 25.9. The van der Waals surface area contributed by atoms with E-state index >= 15 is 0 Å². The minimum atomic E-state index is -0.497. The molecule has 13 aromatic carbocycles. The number of para-hydroxylation sites is 2. The van der Waals surface area contributed by atoms with Gasteiger partial charge < -0.3 is 9.47 Å². The molecule has 3 aliphatic rings. The van der Waals surface area contributed by atoms with Gasteiger partial charge in [-0.3, -0.25) is 0 Å². The van der Waals surface area contributed by atoms with E-state index in [1.807, 2.05) is 0 Å². The zero-order valence-corrected chi connectivity index (χ0v) is 44.2. The maximum absolute atomic E-state index is 2.57. The summed E-state index contributed by atoms with van der Waals surface area (Å²) in [5, 5.41) is 9.95. The number of rotatable bonds is 6. The fourth-order valence-electron chi connectivity index (χ4n) is 14.7. The fourth-order valence-corrected chi connectivity index (χ4v) is 14.7. The quantitative estimate of drug-likeness (QED) is 0.161.